The summed E-state index contributed by atoms with van der Waals surface area (Å²) in [5, 5.41) is 5.50. The molecule has 0 unspecified atom stereocenters. The molecule has 0 aliphatic heterocycles. The van der Waals surface area contributed by atoms with Crippen molar-refractivity contribution in [2.45, 2.75) is 37.8 Å². The number of benzene rings is 1. The molecule has 3 aromatic rings. The van der Waals surface area contributed by atoms with Crippen molar-refractivity contribution in [3.8, 4) is 28.5 Å². The summed E-state index contributed by atoms with van der Waals surface area (Å²) in [6.07, 6.45) is 5.30. The van der Waals surface area contributed by atoms with Crippen molar-refractivity contribution in [1.82, 2.24) is 19.6 Å². The van der Waals surface area contributed by atoms with Crippen LogP contribution in [0, 0.1) is 12.8 Å². The highest BCUT2D eigenvalue weighted by Crippen LogP contribution is 2.42. The Morgan fingerprint density at radius 1 is 1.00 bits per heavy atom. The summed E-state index contributed by atoms with van der Waals surface area (Å²) in [6, 6.07) is 5.65. The van der Waals surface area contributed by atoms with Crippen molar-refractivity contribution >= 4 is 17.5 Å². The van der Waals surface area contributed by atoms with Crippen LogP contribution in [-0.4, -0.2) is 46.7 Å². The monoisotopic (exact) mass is 414 g/mol. The molecule has 0 N–H and O–H groups in total. The first kappa shape index (κ1) is 19.8. The molecular weight excluding hydrogens is 388 g/mol. The van der Waals surface area contributed by atoms with Gasteiger partial charge in [-0.05, 0) is 31.7 Å². The van der Waals surface area contributed by atoms with E-state index in [1.165, 1.54) is 25.7 Å². The fourth-order valence-corrected chi connectivity index (χ4v) is 4.84. The Hall–Kier alpha value is -2.48. The van der Waals surface area contributed by atoms with Gasteiger partial charge in [0.1, 0.15) is 17.2 Å². The van der Waals surface area contributed by atoms with Crippen LogP contribution in [0.3, 0.4) is 0 Å². The quantitative estimate of drug-likeness (QED) is 0.530. The Kier molecular flexibility index (Phi) is 5.80. The van der Waals surface area contributed by atoms with E-state index in [-0.39, 0.29) is 0 Å². The second-order valence-corrected chi connectivity index (χ2v) is 8.24. The van der Waals surface area contributed by atoms with E-state index in [1.54, 1.807) is 37.6 Å². The molecule has 2 heterocycles. The number of rotatable bonds is 7. The molecule has 8 heteroatoms. The lowest BCUT2D eigenvalue weighted by Gasteiger charge is -2.16. The third-order valence-electron chi connectivity index (χ3n) is 5.31. The zero-order valence-electron chi connectivity index (χ0n) is 17.3. The molecule has 1 fully saturated rings. The predicted molar refractivity (Wildman–Crippen MR) is 113 cm³/mol. The molecule has 7 nitrogen and oxygen atoms in total. The van der Waals surface area contributed by atoms with E-state index >= 15 is 0 Å². The van der Waals surface area contributed by atoms with Crippen LogP contribution >= 0.6 is 11.8 Å². The number of thioether (sulfide) groups is 1. The van der Waals surface area contributed by atoms with Gasteiger partial charge in [-0.1, -0.05) is 24.6 Å². The molecule has 1 aliphatic carbocycles. The van der Waals surface area contributed by atoms with Crippen molar-refractivity contribution in [3.05, 3.63) is 23.9 Å². The maximum Gasteiger partial charge on any atom is 0.253 e. The third kappa shape index (κ3) is 3.99. The van der Waals surface area contributed by atoms with E-state index in [2.05, 4.69) is 9.97 Å². The van der Waals surface area contributed by atoms with Gasteiger partial charge in [0.25, 0.3) is 5.78 Å². The zero-order valence-corrected chi connectivity index (χ0v) is 18.1. The second-order valence-electron chi connectivity index (χ2n) is 7.26. The maximum absolute atomic E-state index is 5.65. The van der Waals surface area contributed by atoms with Gasteiger partial charge in [0.15, 0.2) is 0 Å². The number of nitrogens with zero attached hydrogens (tertiary/aromatic N) is 4. The number of fused-ring (bicyclic) bond motifs is 1. The number of aromatic nitrogens is 4. The summed E-state index contributed by atoms with van der Waals surface area (Å²) in [5.41, 5.74) is 2.47. The van der Waals surface area contributed by atoms with Crippen molar-refractivity contribution in [3.63, 3.8) is 0 Å². The minimum Gasteiger partial charge on any atom is -0.496 e. The lowest BCUT2D eigenvalue weighted by Crippen LogP contribution is -2.02. The number of hydrogen-bond donors (Lipinski definition) is 0. The van der Waals surface area contributed by atoms with Crippen LogP contribution in [0.2, 0.25) is 0 Å². The van der Waals surface area contributed by atoms with E-state index < -0.39 is 0 Å². The van der Waals surface area contributed by atoms with Crippen molar-refractivity contribution in [1.29, 1.82) is 0 Å². The average molecular weight is 415 g/mol. The van der Waals surface area contributed by atoms with Gasteiger partial charge >= 0.3 is 0 Å². The van der Waals surface area contributed by atoms with Crippen molar-refractivity contribution in [2.24, 2.45) is 5.92 Å². The smallest absolute Gasteiger partial charge is 0.253 e. The van der Waals surface area contributed by atoms with Gasteiger partial charge in [-0.25, -0.2) is 4.98 Å². The summed E-state index contributed by atoms with van der Waals surface area (Å²) >= 11 is 1.71. The third-order valence-corrected chi connectivity index (χ3v) is 6.38. The number of methoxy groups -OCH3 is 3. The highest BCUT2D eigenvalue weighted by molar-refractivity contribution is 7.99. The first-order valence-electron chi connectivity index (χ1n) is 9.80. The Labute approximate surface area is 174 Å². The minimum atomic E-state index is 0.578. The van der Waals surface area contributed by atoms with Crippen LogP contribution in [-0.2, 0) is 0 Å². The molecule has 1 aromatic carbocycles. The highest BCUT2D eigenvalue weighted by atomic mass is 32.2. The topological polar surface area (TPSA) is 70.8 Å². The standard InChI is InChI=1S/C21H26N4O3S/c1-13-9-16(19-17(27-3)10-15(26-2)11-18(19)28-4)25-20(22-13)23-21(24-25)29-12-14-7-5-6-8-14/h9-11,14H,5-8,12H2,1-4H3. The lowest BCUT2D eigenvalue weighted by atomic mass is 10.1. The number of ether oxygens (including phenoxy) is 3. The van der Waals surface area contributed by atoms with Gasteiger partial charge in [-0.2, -0.15) is 9.50 Å². The van der Waals surface area contributed by atoms with Gasteiger partial charge in [0, 0.05) is 23.6 Å². The van der Waals surface area contributed by atoms with E-state index in [9.17, 15) is 0 Å². The molecule has 0 radical (unpaired) electrons. The van der Waals surface area contributed by atoms with Crippen LogP contribution in [0.5, 0.6) is 17.2 Å². The lowest BCUT2D eigenvalue weighted by molar-refractivity contribution is 0.377. The zero-order chi connectivity index (χ0) is 20.4. The summed E-state index contributed by atoms with van der Waals surface area (Å²) < 4.78 is 18.4. The second kappa shape index (κ2) is 8.49. The largest absolute Gasteiger partial charge is 0.496 e. The summed E-state index contributed by atoms with van der Waals surface area (Å²) in [6.45, 7) is 1.95. The molecule has 1 aliphatic rings. The summed E-state index contributed by atoms with van der Waals surface area (Å²) in [4.78, 5) is 9.24. The van der Waals surface area contributed by atoms with E-state index in [0.29, 0.717) is 23.0 Å². The number of aryl methyl sites for hydroxylation is 1. The van der Waals surface area contributed by atoms with Crippen LogP contribution < -0.4 is 14.2 Å². The normalized spacial score (nSPS) is 14.5. The summed E-state index contributed by atoms with van der Waals surface area (Å²) in [7, 11) is 4.88. The van der Waals surface area contributed by atoms with Gasteiger partial charge in [0.2, 0.25) is 5.16 Å². The molecule has 1 saturated carbocycles. The first-order chi connectivity index (χ1) is 14.1. The van der Waals surface area contributed by atoms with E-state index in [1.807, 2.05) is 25.1 Å². The fraction of sp³-hybridized carbons (Fsp3) is 0.476. The van der Waals surface area contributed by atoms with Crippen LogP contribution in [0.25, 0.3) is 17.0 Å². The van der Waals surface area contributed by atoms with Crippen molar-refractivity contribution in [2.75, 3.05) is 27.1 Å². The highest BCUT2D eigenvalue weighted by Gasteiger charge is 2.21. The summed E-state index contributed by atoms with van der Waals surface area (Å²) in [5.74, 6) is 4.35. The van der Waals surface area contributed by atoms with Gasteiger partial charge in [0.05, 0.1) is 32.6 Å². The van der Waals surface area contributed by atoms with Crippen molar-refractivity contribution < 1.29 is 14.2 Å². The SMILES string of the molecule is COc1cc(OC)c(-c2cc(C)nc3nc(SCC4CCCC4)nn23)c(OC)c1. The first-order valence-corrected chi connectivity index (χ1v) is 10.8. The van der Waals surface area contributed by atoms with Crippen LogP contribution in [0.4, 0.5) is 0 Å². The van der Waals surface area contributed by atoms with Crippen LogP contribution in [0.15, 0.2) is 23.4 Å². The Morgan fingerprint density at radius 2 is 1.69 bits per heavy atom. The fourth-order valence-electron chi connectivity index (χ4n) is 3.84. The van der Waals surface area contributed by atoms with Gasteiger partial charge in [-0.15, -0.1) is 5.10 Å². The minimum absolute atomic E-state index is 0.578. The Balaban J connectivity index is 1.79. The van der Waals surface area contributed by atoms with Crippen LogP contribution in [0.1, 0.15) is 31.4 Å². The predicted octanol–water partition coefficient (Wildman–Crippen LogP) is 4.41. The average Bonchev–Trinajstić information content (AvgIpc) is 3.39. The molecule has 0 bridgehead atoms. The number of hydrogen-bond acceptors (Lipinski definition) is 7. The Morgan fingerprint density at radius 3 is 2.31 bits per heavy atom. The van der Waals surface area contributed by atoms with Gasteiger partial charge < -0.3 is 14.2 Å². The molecule has 0 spiro atoms. The van der Waals surface area contributed by atoms with E-state index in [4.69, 9.17) is 19.3 Å². The molecule has 4 rings (SSSR count). The molecule has 0 atom stereocenters. The molecule has 154 valence electrons. The van der Waals surface area contributed by atoms with Gasteiger partial charge in [-0.3, -0.25) is 0 Å². The van der Waals surface area contributed by atoms with E-state index in [0.717, 1.165) is 33.8 Å². The molecular formula is C21H26N4O3S. The molecule has 2 aromatic heterocycles. The molecule has 0 amide bonds. The molecule has 29 heavy (non-hydrogen) atoms. The Bertz CT molecular complexity index is 990. The maximum atomic E-state index is 5.65. The molecule has 0 saturated heterocycles.